The van der Waals surface area contributed by atoms with Gasteiger partial charge in [0.2, 0.25) is 0 Å². The number of hydrogen-bond donors (Lipinski definition) is 0. The van der Waals surface area contributed by atoms with Crippen LogP contribution >= 0.6 is 12.2 Å². The van der Waals surface area contributed by atoms with E-state index in [9.17, 15) is 5.26 Å². The van der Waals surface area contributed by atoms with Crippen molar-refractivity contribution in [3.05, 3.63) is 83.5 Å². The molecule has 0 saturated heterocycles. The highest BCUT2D eigenvalue weighted by Crippen LogP contribution is 2.27. The number of benzene rings is 2. The molecule has 116 valence electrons. The third-order valence-corrected chi connectivity index (χ3v) is 4.10. The molecule has 0 unspecified atom stereocenters. The monoisotopic (exact) mass is 329 g/mol. The Balaban J connectivity index is 2.37. The van der Waals surface area contributed by atoms with Crippen molar-refractivity contribution in [2.45, 2.75) is 6.54 Å². The molecule has 24 heavy (non-hydrogen) atoms. The van der Waals surface area contributed by atoms with Crippen molar-refractivity contribution in [1.82, 2.24) is 9.55 Å². The van der Waals surface area contributed by atoms with Gasteiger partial charge in [0.1, 0.15) is 22.1 Å². The van der Waals surface area contributed by atoms with Crippen LogP contribution in [0, 0.1) is 16.0 Å². The van der Waals surface area contributed by atoms with Gasteiger partial charge in [0.05, 0.1) is 5.69 Å². The highest BCUT2D eigenvalue weighted by atomic mass is 32.1. The van der Waals surface area contributed by atoms with E-state index >= 15 is 0 Å². The zero-order valence-corrected chi connectivity index (χ0v) is 13.8. The summed E-state index contributed by atoms with van der Waals surface area (Å²) in [6.45, 7) is 4.29. The molecule has 1 aromatic heterocycles. The maximum atomic E-state index is 9.62. The fraction of sp³-hybridized carbons (Fsp3) is 0.0500. The molecule has 0 aliphatic rings. The first-order valence-corrected chi connectivity index (χ1v) is 7.93. The lowest BCUT2D eigenvalue weighted by molar-refractivity contribution is 0.785. The molecular formula is C20H15N3S. The van der Waals surface area contributed by atoms with Crippen molar-refractivity contribution in [3.8, 4) is 28.7 Å². The molecule has 0 radical (unpaired) electrons. The second-order valence-corrected chi connectivity index (χ2v) is 5.59. The normalized spacial score (nSPS) is 10.1. The molecule has 0 bridgehead atoms. The van der Waals surface area contributed by atoms with Crippen LogP contribution in [-0.4, -0.2) is 9.55 Å². The zero-order chi connectivity index (χ0) is 16.9. The minimum Gasteiger partial charge on any atom is -0.312 e. The van der Waals surface area contributed by atoms with E-state index in [1.807, 2.05) is 65.2 Å². The van der Waals surface area contributed by atoms with Crippen molar-refractivity contribution >= 4 is 12.2 Å². The van der Waals surface area contributed by atoms with E-state index in [-0.39, 0.29) is 0 Å². The maximum Gasteiger partial charge on any atom is 0.142 e. The molecule has 4 heteroatoms. The van der Waals surface area contributed by atoms with Crippen LogP contribution in [0.3, 0.4) is 0 Å². The van der Waals surface area contributed by atoms with Gasteiger partial charge < -0.3 is 4.57 Å². The molecule has 3 aromatic rings. The smallest absolute Gasteiger partial charge is 0.142 e. The standard InChI is InChI=1S/C20H15N3S/c1-2-13-23-19(16-11-7-4-8-12-16)22-18(17(14-21)20(23)24)15-9-5-3-6-10-15/h2-12H,1,13H2. The van der Waals surface area contributed by atoms with Crippen molar-refractivity contribution in [2.75, 3.05) is 0 Å². The quantitative estimate of drug-likeness (QED) is 0.499. The summed E-state index contributed by atoms with van der Waals surface area (Å²) in [7, 11) is 0. The molecule has 0 fully saturated rings. The van der Waals surface area contributed by atoms with Crippen LogP contribution in [-0.2, 0) is 6.54 Å². The van der Waals surface area contributed by atoms with Gasteiger partial charge in [0.25, 0.3) is 0 Å². The Bertz CT molecular complexity index is 968. The van der Waals surface area contributed by atoms with Crippen LogP contribution in [0.2, 0.25) is 0 Å². The molecule has 2 aromatic carbocycles. The van der Waals surface area contributed by atoms with E-state index in [0.717, 1.165) is 17.0 Å². The topological polar surface area (TPSA) is 41.6 Å². The summed E-state index contributed by atoms with van der Waals surface area (Å²) >= 11 is 5.58. The first kappa shape index (κ1) is 15.9. The summed E-state index contributed by atoms with van der Waals surface area (Å²) < 4.78 is 2.33. The van der Waals surface area contributed by atoms with Gasteiger partial charge in [0, 0.05) is 17.7 Å². The lowest BCUT2D eigenvalue weighted by atomic mass is 10.1. The molecule has 3 nitrogen and oxygen atoms in total. The van der Waals surface area contributed by atoms with E-state index in [0.29, 0.717) is 22.4 Å². The fourth-order valence-corrected chi connectivity index (χ4v) is 2.87. The average molecular weight is 329 g/mol. The van der Waals surface area contributed by atoms with E-state index in [2.05, 4.69) is 12.6 Å². The SMILES string of the molecule is C=CCn1c(-c2ccccc2)nc(-c2ccccc2)c(C#N)c1=S. The van der Waals surface area contributed by atoms with Crippen LogP contribution in [0.25, 0.3) is 22.6 Å². The van der Waals surface area contributed by atoms with Crippen LogP contribution in [0.4, 0.5) is 0 Å². The Labute approximate surface area is 146 Å². The van der Waals surface area contributed by atoms with Gasteiger partial charge in [-0.1, -0.05) is 79.0 Å². The second-order valence-electron chi connectivity index (χ2n) is 5.21. The third kappa shape index (κ3) is 2.90. The van der Waals surface area contributed by atoms with Crippen LogP contribution in [0.5, 0.6) is 0 Å². The van der Waals surface area contributed by atoms with Crippen molar-refractivity contribution < 1.29 is 0 Å². The Morgan fingerprint density at radius 1 is 1.04 bits per heavy atom. The first-order chi connectivity index (χ1) is 11.8. The van der Waals surface area contributed by atoms with E-state index in [4.69, 9.17) is 17.2 Å². The Morgan fingerprint density at radius 2 is 1.62 bits per heavy atom. The Kier molecular flexibility index (Phi) is 4.64. The number of rotatable bonds is 4. The van der Waals surface area contributed by atoms with Crippen molar-refractivity contribution in [3.63, 3.8) is 0 Å². The number of nitrogens with zero attached hydrogens (tertiary/aromatic N) is 3. The third-order valence-electron chi connectivity index (χ3n) is 3.67. The first-order valence-electron chi connectivity index (χ1n) is 7.53. The van der Waals surface area contributed by atoms with Crippen LogP contribution in [0.1, 0.15) is 5.56 Å². The molecule has 0 aliphatic carbocycles. The minimum absolute atomic E-state index is 0.415. The molecule has 0 N–H and O–H groups in total. The van der Waals surface area contributed by atoms with Crippen LogP contribution in [0.15, 0.2) is 73.3 Å². The molecule has 0 aliphatic heterocycles. The molecule has 0 spiro atoms. The average Bonchev–Trinajstić information content (AvgIpc) is 2.64. The molecule has 0 amide bonds. The minimum atomic E-state index is 0.415. The van der Waals surface area contributed by atoms with Gasteiger partial charge in [-0.3, -0.25) is 0 Å². The van der Waals surface area contributed by atoms with Gasteiger partial charge in [-0.2, -0.15) is 5.26 Å². The van der Waals surface area contributed by atoms with E-state index in [1.165, 1.54) is 0 Å². The van der Waals surface area contributed by atoms with Crippen molar-refractivity contribution in [2.24, 2.45) is 0 Å². The largest absolute Gasteiger partial charge is 0.312 e. The highest BCUT2D eigenvalue weighted by molar-refractivity contribution is 7.71. The fourth-order valence-electron chi connectivity index (χ4n) is 2.57. The molecule has 3 rings (SSSR count). The number of allylic oxidation sites excluding steroid dienone is 1. The molecule has 0 saturated carbocycles. The summed E-state index contributed by atoms with van der Waals surface area (Å²) in [5.41, 5.74) is 2.86. The number of hydrogen-bond acceptors (Lipinski definition) is 3. The lowest BCUT2D eigenvalue weighted by Gasteiger charge is -2.15. The van der Waals surface area contributed by atoms with E-state index in [1.54, 1.807) is 6.08 Å². The Hall–Kier alpha value is -3.03. The van der Waals surface area contributed by atoms with Crippen molar-refractivity contribution in [1.29, 1.82) is 5.26 Å². The second kappa shape index (κ2) is 7.03. The predicted octanol–water partition coefficient (Wildman–Crippen LogP) is 5.00. The molecule has 0 atom stereocenters. The van der Waals surface area contributed by atoms with Crippen LogP contribution < -0.4 is 0 Å². The summed E-state index contributed by atoms with van der Waals surface area (Å²) in [5.74, 6) is 0.735. The maximum absolute atomic E-state index is 9.62. The number of aromatic nitrogens is 2. The lowest BCUT2D eigenvalue weighted by Crippen LogP contribution is -2.09. The zero-order valence-electron chi connectivity index (χ0n) is 13.0. The predicted molar refractivity (Wildman–Crippen MR) is 98.8 cm³/mol. The summed E-state index contributed by atoms with van der Waals surface area (Å²) in [4.78, 5) is 4.79. The van der Waals surface area contributed by atoms with Gasteiger partial charge in [-0.05, 0) is 0 Å². The number of nitriles is 1. The van der Waals surface area contributed by atoms with E-state index < -0.39 is 0 Å². The summed E-state index contributed by atoms with van der Waals surface area (Å²) in [6, 6.07) is 21.7. The van der Waals surface area contributed by atoms with Gasteiger partial charge in [-0.25, -0.2) is 4.98 Å². The molecule has 1 heterocycles. The summed E-state index contributed by atoms with van der Waals surface area (Å²) in [6.07, 6.45) is 1.76. The summed E-state index contributed by atoms with van der Waals surface area (Å²) in [5, 5.41) is 9.62. The highest BCUT2D eigenvalue weighted by Gasteiger charge is 2.16. The van der Waals surface area contributed by atoms with Gasteiger partial charge in [-0.15, -0.1) is 6.58 Å². The molecular weight excluding hydrogens is 314 g/mol. The van der Waals surface area contributed by atoms with Gasteiger partial charge >= 0.3 is 0 Å². The Morgan fingerprint density at radius 3 is 2.17 bits per heavy atom. The van der Waals surface area contributed by atoms with Gasteiger partial charge in [0.15, 0.2) is 0 Å².